The fourth-order valence-electron chi connectivity index (χ4n) is 0.549. The van der Waals surface area contributed by atoms with Crippen LogP contribution in [0.2, 0.25) is 0 Å². The van der Waals surface area contributed by atoms with Gasteiger partial charge in [-0.05, 0) is 6.42 Å². The van der Waals surface area contributed by atoms with Crippen molar-refractivity contribution in [1.82, 2.24) is 10.9 Å². The lowest BCUT2D eigenvalue weighted by atomic mass is 10.3. The van der Waals surface area contributed by atoms with E-state index in [-0.39, 0.29) is 19.3 Å². The number of rotatable bonds is 6. The van der Waals surface area contributed by atoms with Crippen molar-refractivity contribution in [2.45, 2.75) is 19.4 Å². The van der Waals surface area contributed by atoms with Crippen molar-refractivity contribution >= 4 is 0 Å². The summed E-state index contributed by atoms with van der Waals surface area (Å²) < 4.78 is 0. The van der Waals surface area contributed by atoms with E-state index in [1.165, 1.54) is 0 Å². The fraction of sp³-hybridized carbons (Fsp3) is 1.00. The predicted octanol–water partition coefficient (Wildman–Crippen LogP) is -1.16. The van der Waals surface area contributed by atoms with Crippen molar-refractivity contribution in [3.63, 3.8) is 0 Å². The Morgan fingerprint density at radius 1 is 1.40 bits per heavy atom. The van der Waals surface area contributed by atoms with E-state index in [9.17, 15) is 0 Å². The molecule has 0 aliphatic heterocycles. The van der Waals surface area contributed by atoms with Crippen molar-refractivity contribution in [3.05, 3.63) is 0 Å². The Balaban J connectivity index is 3.09. The molecule has 0 rings (SSSR count). The third-order valence-electron chi connectivity index (χ3n) is 1.26. The van der Waals surface area contributed by atoms with Crippen LogP contribution in [0, 0.1) is 0 Å². The molecule has 0 fully saturated rings. The third-order valence-corrected chi connectivity index (χ3v) is 1.26. The molecule has 0 aliphatic carbocycles. The lowest BCUT2D eigenvalue weighted by Gasteiger charge is -2.13. The molecule has 4 heteroatoms. The predicted molar refractivity (Wildman–Crippen MR) is 39.4 cm³/mol. The molecule has 0 bridgehead atoms. The average molecular weight is 148 g/mol. The van der Waals surface area contributed by atoms with E-state index < -0.39 is 0 Å². The molecule has 0 aromatic carbocycles. The molecular weight excluding hydrogens is 132 g/mol. The molecule has 10 heavy (non-hydrogen) atoms. The number of hydrazine groups is 1. The maximum absolute atomic E-state index is 8.66. The van der Waals surface area contributed by atoms with E-state index in [1.807, 2.05) is 6.92 Å². The van der Waals surface area contributed by atoms with Gasteiger partial charge in [0.2, 0.25) is 0 Å². The highest BCUT2D eigenvalue weighted by atomic mass is 16.3. The lowest BCUT2D eigenvalue weighted by molar-refractivity contribution is 0.215. The Bertz CT molecular complexity index is 66.8. The molecular formula is C6H16N2O2. The number of hydrogen-bond donors (Lipinski definition) is 4. The first kappa shape index (κ1) is 9.84. The molecule has 4 nitrogen and oxygen atoms in total. The number of hydrogen-bond acceptors (Lipinski definition) is 4. The van der Waals surface area contributed by atoms with Gasteiger partial charge in [-0.2, -0.15) is 0 Å². The summed E-state index contributed by atoms with van der Waals surface area (Å²) in [4.78, 5) is 0. The van der Waals surface area contributed by atoms with Crippen LogP contribution in [0.4, 0.5) is 0 Å². The van der Waals surface area contributed by atoms with Gasteiger partial charge in [-0.15, -0.1) is 0 Å². The molecule has 0 saturated carbocycles. The van der Waals surface area contributed by atoms with Crippen LogP contribution in [0.1, 0.15) is 13.3 Å². The second-order valence-corrected chi connectivity index (χ2v) is 2.08. The molecule has 1 atom stereocenters. The largest absolute Gasteiger partial charge is 0.395 e. The van der Waals surface area contributed by atoms with Crippen LogP contribution in [0.25, 0.3) is 0 Å². The van der Waals surface area contributed by atoms with Crippen LogP contribution in [0.3, 0.4) is 0 Å². The van der Waals surface area contributed by atoms with Crippen molar-refractivity contribution < 1.29 is 10.2 Å². The smallest absolute Gasteiger partial charge is 0.0598 e. The molecule has 0 spiro atoms. The van der Waals surface area contributed by atoms with Gasteiger partial charge in [-0.1, -0.05) is 6.92 Å². The minimum atomic E-state index is 0.0894. The summed E-state index contributed by atoms with van der Waals surface area (Å²) >= 11 is 0. The molecule has 0 aromatic rings. The highest BCUT2D eigenvalue weighted by Gasteiger charge is 2.00. The second kappa shape index (κ2) is 6.95. The van der Waals surface area contributed by atoms with E-state index in [2.05, 4.69) is 10.9 Å². The van der Waals surface area contributed by atoms with Gasteiger partial charge in [0.05, 0.1) is 13.2 Å². The lowest BCUT2D eigenvalue weighted by Crippen LogP contribution is -2.43. The normalized spacial score (nSPS) is 13.5. The molecule has 0 radical (unpaired) electrons. The summed E-state index contributed by atoms with van der Waals surface area (Å²) in [7, 11) is 0. The molecule has 4 N–H and O–H groups in total. The maximum Gasteiger partial charge on any atom is 0.0598 e. The number of aliphatic hydroxyl groups is 2. The molecule has 62 valence electrons. The fourth-order valence-corrected chi connectivity index (χ4v) is 0.549. The van der Waals surface area contributed by atoms with E-state index >= 15 is 0 Å². The molecule has 1 unspecified atom stereocenters. The highest BCUT2D eigenvalue weighted by Crippen LogP contribution is 1.84. The van der Waals surface area contributed by atoms with Crippen LogP contribution in [-0.2, 0) is 0 Å². The van der Waals surface area contributed by atoms with Gasteiger partial charge < -0.3 is 10.2 Å². The Kier molecular flexibility index (Phi) is 6.84. The van der Waals surface area contributed by atoms with Crippen LogP contribution < -0.4 is 10.9 Å². The summed E-state index contributed by atoms with van der Waals surface area (Å²) in [6, 6.07) is 0.0894. The Hall–Kier alpha value is -0.160. The monoisotopic (exact) mass is 148 g/mol. The Labute approximate surface area is 61.2 Å². The number of nitrogens with one attached hydrogen (secondary N) is 2. The zero-order valence-corrected chi connectivity index (χ0v) is 6.30. The van der Waals surface area contributed by atoms with E-state index in [4.69, 9.17) is 10.2 Å². The summed E-state index contributed by atoms with van der Waals surface area (Å²) in [5.74, 6) is 0. The Morgan fingerprint density at radius 3 is 2.50 bits per heavy atom. The van der Waals surface area contributed by atoms with Gasteiger partial charge in [0.1, 0.15) is 0 Å². The molecule has 0 heterocycles. The average Bonchev–Trinajstić information content (AvgIpc) is 1.99. The zero-order chi connectivity index (χ0) is 7.82. The van der Waals surface area contributed by atoms with Gasteiger partial charge in [-0.25, -0.2) is 0 Å². The van der Waals surface area contributed by atoms with Gasteiger partial charge in [0.15, 0.2) is 0 Å². The van der Waals surface area contributed by atoms with Gasteiger partial charge in [0, 0.05) is 12.6 Å². The third kappa shape index (κ3) is 4.69. The second-order valence-electron chi connectivity index (χ2n) is 2.08. The maximum atomic E-state index is 8.66. The van der Waals surface area contributed by atoms with Crippen LogP contribution in [0.5, 0.6) is 0 Å². The van der Waals surface area contributed by atoms with Crippen molar-refractivity contribution in [1.29, 1.82) is 0 Å². The van der Waals surface area contributed by atoms with Crippen molar-refractivity contribution in [2.75, 3.05) is 19.8 Å². The van der Waals surface area contributed by atoms with Gasteiger partial charge in [-0.3, -0.25) is 10.9 Å². The van der Waals surface area contributed by atoms with E-state index in [1.54, 1.807) is 0 Å². The first-order valence-electron chi connectivity index (χ1n) is 3.55. The standard InChI is InChI=1S/C6H16N2O2/c1-2-6(5-10)8-7-3-4-9/h6-10H,2-5H2,1H3. The molecule has 0 aromatic heterocycles. The Morgan fingerprint density at radius 2 is 2.10 bits per heavy atom. The minimum absolute atomic E-state index is 0.0894. The van der Waals surface area contributed by atoms with Crippen LogP contribution >= 0.6 is 0 Å². The van der Waals surface area contributed by atoms with Crippen molar-refractivity contribution in [3.8, 4) is 0 Å². The van der Waals surface area contributed by atoms with Gasteiger partial charge in [0.25, 0.3) is 0 Å². The summed E-state index contributed by atoms with van der Waals surface area (Å²) in [5, 5.41) is 17.0. The molecule has 0 aliphatic rings. The van der Waals surface area contributed by atoms with E-state index in [0.717, 1.165) is 6.42 Å². The van der Waals surface area contributed by atoms with Gasteiger partial charge >= 0.3 is 0 Å². The number of aliphatic hydroxyl groups excluding tert-OH is 2. The molecule has 0 saturated heterocycles. The van der Waals surface area contributed by atoms with Crippen LogP contribution in [-0.4, -0.2) is 36.0 Å². The summed E-state index contributed by atoms with van der Waals surface area (Å²) in [5.41, 5.74) is 5.64. The summed E-state index contributed by atoms with van der Waals surface area (Å²) in [6.07, 6.45) is 0.870. The highest BCUT2D eigenvalue weighted by molar-refractivity contribution is 4.58. The first-order chi connectivity index (χ1) is 4.85. The topological polar surface area (TPSA) is 64.5 Å². The minimum Gasteiger partial charge on any atom is -0.395 e. The molecule has 0 amide bonds. The quantitative estimate of drug-likeness (QED) is 0.283. The SMILES string of the molecule is CCC(CO)NNCCO. The van der Waals surface area contributed by atoms with E-state index in [0.29, 0.717) is 6.54 Å². The zero-order valence-electron chi connectivity index (χ0n) is 6.30. The first-order valence-corrected chi connectivity index (χ1v) is 3.55. The van der Waals surface area contributed by atoms with Crippen molar-refractivity contribution in [2.24, 2.45) is 0 Å². The van der Waals surface area contributed by atoms with Crippen LogP contribution in [0.15, 0.2) is 0 Å². The summed E-state index contributed by atoms with van der Waals surface area (Å²) in [6.45, 7) is 2.72.